The van der Waals surface area contributed by atoms with Crippen molar-refractivity contribution in [2.75, 3.05) is 13.6 Å². The van der Waals surface area contributed by atoms with Crippen LogP contribution in [0.2, 0.25) is 0 Å². The van der Waals surface area contributed by atoms with Gasteiger partial charge in [-0.25, -0.2) is 0 Å². The molecule has 16 heavy (non-hydrogen) atoms. The minimum atomic E-state index is 0.639. The molecule has 0 saturated carbocycles. The maximum Gasteiger partial charge on any atom is 0.0175 e. The van der Waals surface area contributed by atoms with Gasteiger partial charge >= 0.3 is 0 Å². The Morgan fingerprint density at radius 3 is 2.25 bits per heavy atom. The van der Waals surface area contributed by atoms with E-state index in [2.05, 4.69) is 59.4 Å². The fraction of sp³-hybridized carbons (Fsp3) is 0.571. The normalized spacial score (nSPS) is 13.1. The van der Waals surface area contributed by atoms with Crippen LogP contribution >= 0.6 is 15.9 Å². The Kier molecular flexibility index (Phi) is 6.07. The molecule has 0 spiro atoms. The molecule has 90 valence electrons. The fourth-order valence-electron chi connectivity index (χ4n) is 1.90. The number of likely N-dealkylation sites (N-methyl/N-ethyl adjacent to an activating group) is 1. The monoisotopic (exact) mass is 283 g/mol. The fourth-order valence-corrected chi connectivity index (χ4v) is 2.17. The molecule has 0 bridgehead atoms. The standard InChI is InChI=1S/C14H22BrN/c1-11(2)4-5-13(10-16-3)12-6-8-14(15)9-7-12/h6-9,11,13,16H,4-5,10H2,1-3H3. The van der Waals surface area contributed by atoms with Gasteiger partial charge in [0.25, 0.3) is 0 Å². The van der Waals surface area contributed by atoms with Crippen LogP contribution in [0.4, 0.5) is 0 Å². The lowest BCUT2D eigenvalue weighted by atomic mass is 9.91. The molecule has 1 aromatic carbocycles. The Bertz CT molecular complexity index is 292. The number of halogens is 1. The molecule has 1 aromatic rings. The van der Waals surface area contributed by atoms with Crippen LogP contribution in [-0.4, -0.2) is 13.6 Å². The predicted octanol–water partition coefficient (Wildman–Crippen LogP) is 4.19. The molecule has 0 aliphatic heterocycles. The molecule has 0 aliphatic rings. The van der Waals surface area contributed by atoms with Crippen molar-refractivity contribution in [1.29, 1.82) is 0 Å². The summed E-state index contributed by atoms with van der Waals surface area (Å²) in [4.78, 5) is 0. The quantitative estimate of drug-likeness (QED) is 0.826. The van der Waals surface area contributed by atoms with E-state index in [0.717, 1.165) is 16.9 Å². The average molecular weight is 284 g/mol. The van der Waals surface area contributed by atoms with Gasteiger partial charge in [0.2, 0.25) is 0 Å². The van der Waals surface area contributed by atoms with E-state index in [4.69, 9.17) is 0 Å². The lowest BCUT2D eigenvalue weighted by Gasteiger charge is -2.18. The van der Waals surface area contributed by atoms with Gasteiger partial charge in [-0.05, 0) is 43.0 Å². The first-order valence-corrected chi connectivity index (χ1v) is 6.83. The molecule has 2 heteroatoms. The number of benzene rings is 1. The summed E-state index contributed by atoms with van der Waals surface area (Å²) < 4.78 is 1.16. The third-order valence-electron chi connectivity index (χ3n) is 2.88. The molecule has 1 rings (SSSR count). The van der Waals surface area contributed by atoms with E-state index in [9.17, 15) is 0 Å². The van der Waals surface area contributed by atoms with E-state index < -0.39 is 0 Å². The molecular formula is C14H22BrN. The molecule has 0 aliphatic carbocycles. The first-order valence-electron chi connectivity index (χ1n) is 6.03. The molecule has 0 heterocycles. The van der Waals surface area contributed by atoms with Gasteiger partial charge in [0.1, 0.15) is 0 Å². The largest absolute Gasteiger partial charge is 0.319 e. The van der Waals surface area contributed by atoms with Crippen LogP contribution in [0.3, 0.4) is 0 Å². The molecule has 0 radical (unpaired) electrons. The van der Waals surface area contributed by atoms with Crippen molar-refractivity contribution < 1.29 is 0 Å². The van der Waals surface area contributed by atoms with E-state index in [1.165, 1.54) is 18.4 Å². The molecular weight excluding hydrogens is 262 g/mol. The lowest BCUT2D eigenvalue weighted by Crippen LogP contribution is -2.17. The highest BCUT2D eigenvalue weighted by Gasteiger charge is 2.11. The minimum absolute atomic E-state index is 0.639. The summed E-state index contributed by atoms with van der Waals surface area (Å²) in [7, 11) is 2.03. The zero-order valence-corrected chi connectivity index (χ0v) is 12.0. The summed E-state index contributed by atoms with van der Waals surface area (Å²) in [6.45, 7) is 5.64. The Labute approximate surface area is 108 Å². The highest BCUT2D eigenvalue weighted by atomic mass is 79.9. The average Bonchev–Trinajstić information content (AvgIpc) is 2.25. The third kappa shape index (κ3) is 4.67. The third-order valence-corrected chi connectivity index (χ3v) is 3.41. The summed E-state index contributed by atoms with van der Waals surface area (Å²) in [5.41, 5.74) is 1.44. The lowest BCUT2D eigenvalue weighted by molar-refractivity contribution is 0.487. The zero-order chi connectivity index (χ0) is 12.0. The van der Waals surface area contributed by atoms with Gasteiger partial charge in [-0.1, -0.05) is 48.3 Å². The van der Waals surface area contributed by atoms with Crippen LogP contribution in [-0.2, 0) is 0 Å². The summed E-state index contributed by atoms with van der Waals surface area (Å²) in [6.07, 6.45) is 2.56. The second-order valence-corrected chi connectivity index (χ2v) is 5.69. The Morgan fingerprint density at radius 1 is 1.12 bits per heavy atom. The van der Waals surface area contributed by atoms with Crippen molar-refractivity contribution in [2.45, 2.75) is 32.6 Å². The van der Waals surface area contributed by atoms with Crippen molar-refractivity contribution >= 4 is 15.9 Å². The molecule has 0 fully saturated rings. The van der Waals surface area contributed by atoms with Gasteiger partial charge < -0.3 is 5.32 Å². The van der Waals surface area contributed by atoms with E-state index in [-0.39, 0.29) is 0 Å². The second kappa shape index (κ2) is 7.08. The number of nitrogens with one attached hydrogen (secondary N) is 1. The van der Waals surface area contributed by atoms with Crippen LogP contribution in [0.25, 0.3) is 0 Å². The Morgan fingerprint density at radius 2 is 1.75 bits per heavy atom. The SMILES string of the molecule is CNCC(CCC(C)C)c1ccc(Br)cc1. The van der Waals surface area contributed by atoms with Crippen molar-refractivity contribution in [3.8, 4) is 0 Å². The van der Waals surface area contributed by atoms with Crippen LogP contribution < -0.4 is 5.32 Å². The highest BCUT2D eigenvalue weighted by molar-refractivity contribution is 9.10. The first kappa shape index (κ1) is 13.7. The highest BCUT2D eigenvalue weighted by Crippen LogP contribution is 2.24. The van der Waals surface area contributed by atoms with Crippen LogP contribution in [0.5, 0.6) is 0 Å². The maximum absolute atomic E-state index is 3.48. The van der Waals surface area contributed by atoms with Gasteiger partial charge in [-0.15, -0.1) is 0 Å². The van der Waals surface area contributed by atoms with Crippen LogP contribution in [0.15, 0.2) is 28.7 Å². The van der Waals surface area contributed by atoms with Crippen molar-refractivity contribution in [2.24, 2.45) is 5.92 Å². The van der Waals surface area contributed by atoms with E-state index in [1.807, 2.05) is 7.05 Å². The van der Waals surface area contributed by atoms with Crippen LogP contribution in [0, 0.1) is 5.92 Å². The van der Waals surface area contributed by atoms with Crippen LogP contribution in [0.1, 0.15) is 38.2 Å². The second-order valence-electron chi connectivity index (χ2n) is 4.78. The molecule has 0 amide bonds. The zero-order valence-electron chi connectivity index (χ0n) is 10.5. The van der Waals surface area contributed by atoms with Gasteiger partial charge in [-0.3, -0.25) is 0 Å². The summed E-state index contributed by atoms with van der Waals surface area (Å²) in [5, 5.41) is 3.29. The van der Waals surface area contributed by atoms with Crippen molar-refractivity contribution in [3.63, 3.8) is 0 Å². The predicted molar refractivity (Wildman–Crippen MR) is 74.9 cm³/mol. The molecule has 0 aromatic heterocycles. The minimum Gasteiger partial charge on any atom is -0.319 e. The molecule has 1 unspecified atom stereocenters. The molecule has 1 N–H and O–H groups in total. The Hall–Kier alpha value is -0.340. The topological polar surface area (TPSA) is 12.0 Å². The number of hydrogen-bond acceptors (Lipinski definition) is 1. The smallest absolute Gasteiger partial charge is 0.0175 e. The Balaban J connectivity index is 2.64. The maximum atomic E-state index is 3.48. The van der Waals surface area contributed by atoms with Crippen molar-refractivity contribution in [3.05, 3.63) is 34.3 Å². The van der Waals surface area contributed by atoms with Crippen molar-refractivity contribution in [1.82, 2.24) is 5.32 Å². The van der Waals surface area contributed by atoms with Gasteiger partial charge in [0.05, 0.1) is 0 Å². The summed E-state index contributed by atoms with van der Waals surface area (Å²) >= 11 is 3.48. The molecule has 0 saturated heterocycles. The first-order chi connectivity index (χ1) is 7.63. The summed E-state index contributed by atoms with van der Waals surface area (Å²) in [6, 6.07) is 8.72. The number of rotatable bonds is 6. The van der Waals surface area contributed by atoms with E-state index >= 15 is 0 Å². The molecule has 1 atom stereocenters. The van der Waals surface area contributed by atoms with Gasteiger partial charge in [0.15, 0.2) is 0 Å². The van der Waals surface area contributed by atoms with E-state index in [1.54, 1.807) is 0 Å². The van der Waals surface area contributed by atoms with Gasteiger partial charge in [-0.2, -0.15) is 0 Å². The molecule has 1 nitrogen and oxygen atoms in total. The van der Waals surface area contributed by atoms with E-state index in [0.29, 0.717) is 5.92 Å². The summed E-state index contributed by atoms with van der Waals surface area (Å²) in [5.74, 6) is 1.43. The van der Waals surface area contributed by atoms with Gasteiger partial charge in [0, 0.05) is 11.0 Å². The number of hydrogen-bond donors (Lipinski definition) is 1.